The van der Waals surface area contributed by atoms with E-state index in [1.807, 2.05) is 0 Å². The highest BCUT2D eigenvalue weighted by atomic mass is 16.2. The third-order valence-corrected chi connectivity index (χ3v) is 4.40. The van der Waals surface area contributed by atoms with Crippen LogP contribution in [0, 0.1) is 11.8 Å². The fourth-order valence-corrected chi connectivity index (χ4v) is 2.96. The SMILES string of the molecule is CC(C)CCN1CCN(C(=O)C2CCNCC2)CC1. The first-order chi connectivity index (χ1) is 9.16. The Morgan fingerprint density at radius 2 is 1.79 bits per heavy atom. The van der Waals surface area contributed by atoms with Gasteiger partial charge >= 0.3 is 0 Å². The van der Waals surface area contributed by atoms with Gasteiger partial charge in [-0.2, -0.15) is 0 Å². The van der Waals surface area contributed by atoms with Gasteiger partial charge in [-0.3, -0.25) is 9.69 Å². The largest absolute Gasteiger partial charge is 0.340 e. The molecule has 0 aliphatic carbocycles. The van der Waals surface area contributed by atoms with Crippen molar-refractivity contribution in [3.8, 4) is 0 Å². The topological polar surface area (TPSA) is 35.6 Å². The first-order valence-corrected chi connectivity index (χ1v) is 7.88. The molecule has 0 radical (unpaired) electrons. The van der Waals surface area contributed by atoms with E-state index in [2.05, 4.69) is 29.0 Å². The Morgan fingerprint density at radius 1 is 1.16 bits per heavy atom. The minimum Gasteiger partial charge on any atom is -0.340 e. The van der Waals surface area contributed by atoms with Crippen molar-refractivity contribution in [2.24, 2.45) is 11.8 Å². The number of carbonyl (C=O) groups is 1. The summed E-state index contributed by atoms with van der Waals surface area (Å²) in [4.78, 5) is 17.0. The van der Waals surface area contributed by atoms with Crippen LogP contribution >= 0.6 is 0 Å². The van der Waals surface area contributed by atoms with E-state index in [-0.39, 0.29) is 5.92 Å². The third-order valence-electron chi connectivity index (χ3n) is 4.40. The smallest absolute Gasteiger partial charge is 0.225 e. The maximum atomic E-state index is 12.4. The molecule has 0 aromatic carbocycles. The lowest BCUT2D eigenvalue weighted by Crippen LogP contribution is -2.51. The zero-order valence-corrected chi connectivity index (χ0v) is 12.5. The molecule has 4 nitrogen and oxygen atoms in total. The molecule has 4 heteroatoms. The fraction of sp³-hybridized carbons (Fsp3) is 0.933. The number of nitrogens with zero attached hydrogens (tertiary/aromatic N) is 2. The second kappa shape index (κ2) is 7.25. The average Bonchev–Trinajstić information content (AvgIpc) is 2.46. The van der Waals surface area contributed by atoms with Crippen molar-refractivity contribution >= 4 is 5.91 Å². The van der Waals surface area contributed by atoms with Crippen LogP contribution in [-0.2, 0) is 4.79 Å². The Hall–Kier alpha value is -0.610. The molecular formula is C15H29N3O. The number of piperazine rings is 1. The standard InChI is InChI=1S/C15H29N3O/c1-13(2)5-8-17-9-11-18(12-10-17)15(19)14-3-6-16-7-4-14/h13-14,16H,3-12H2,1-2H3. The Bertz CT molecular complexity index is 279. The van der Waals surface area contributed by atoms with Gasteiger partial charge in [0.15, 0.2) is 0 Å². The van der Waals surface area contributed by atoms with Crippen LogP contribution in [0.1, 0.15) is 33.1 Å². The number of hydrogen-bond acceptors (Lipinski definition) is 3. The van der Waals surface area contributed by atoms with Crippen molar-refractivity contribution < 1.29 is 4.79 Å². The number of amides is 1. The molecule has 110 valence electrons. The predicted molar refractivity (Wildman–Crippen MR) is 78.1 cm³/mol. The van der Waals surface area contributed by atoms with Crippen LogP contribution in [-0.4, -0.2) is 61.5 Å². The molecule has 2 aliphatic rings. The van der Waals surface area contributed by atoms with E-state index in [0.717, 1.165) is 58.0 Å². The van der Waals surface area contributed by atoms with Gasteiger partial charge in [-0.1, -0.05) is 13.8 Å². The lowest BCUT2D eigenvalue weighted by atomic mass is 9.96. The Kier molecular flexibility index (Phi) is 5.64. The van der Waals surface area contributed by atoms with Crippen molar-refractivity contribution in [1.82, 2.24) is 15.1 Å². The van der Waals surface area contributed by atoms with Gasteiger partial charge in [0.05, 0.1) is 0 Å². The molecule has 0 unspecified atom stereocenters. The molecule has 2 saturated heterocycles. The maximum absolute atomic E-state index is 12.4. The molecule has 19 heavy (non-hydrogen) atoms. The number of rotatable bonds is 4. The number of piperidine rings is 1. The minimum absolute atomic E-state index is 0.281. The zero-order valence-electron chi connectivity index (χ0n) is 12.5. The molecular weight excluding hydrogens is 238 g/mol. The van der Waals surface area contributed by atoms with Crippen molar-refractivity contribution in [2.75, 3.05) is 45.8 Å². The van der Waals surface area contributed by atoms with E-state index in [1.54, 1.807) is 0 Å². The Labute approximate surface area is 117 Å². The van der Waals surface area contributed by atoms with Crippen LogP contribution in [0.2, 0.25) is 0 Å². The Morgan fingerprint density at radius 3 is 2.37 bits per heavy atom. The summed E-state index contributed by atoms with van der Waals surface area (Å²) in [6, 6.07) is 0. The van der Waals surface area contributed by atoms with E-state index in [1.165, 1.54) is 13.0 Å². The van der Waals surface area contributed by atoms with Crippen molar-refractivity contribution in [2.45, 2.75) is 33.1 Å². The third kappa shape index (κ3) is 4.46. The van der Waals surface area contributed by atoms with Gasteiger partial charge < -0.3 is 10.2 Å². The van der Waals surface area contributed by atoms with Crippen LogP contribution in [0.4, 0.5) is 0 Å². The molecule has 1 amide bonds. The summed E-state index contributed by atoms with van der Waals surface area (Å²) in [6.45, 7) is 11.7. The lowest BCUT2D eigenvalue weighted by molar-refractivity contribution is -0.138. The van der Waals surface area contributed by atoms with Crippen LogP contribution in [0.15, 0.2) is 0 Å². The molecule has 0 bridgehead atoms. The summed E-state index contributed by atoms with van der Waals surface area (Å²) in [6.07, 6.45) is 3.31. The molecule has 0 saturated carbocycles. The molecule has 2 rings (SSSR count). The Balaban J connectivity index is 1.71. The second-order valence-corrected chi connectivity index (χ2v) is 6.37. The molecule has 0 atom stereocenters. The number of nitrogens with one attached hydrogen (secondary N) is 1. The summed E-state index contributed by atoms with van der Waals surface area (Å²) in [7, 11) is 0. The first kappa shape index (κ1) is 14.8. The zero-order chi connectivity index (χ0) is 13.7. The van der Waals surface area contributed by atoms with E-state index < -0.39 is 0 Å². The predicted octanol–water partition coefficient (Wildman–Crippen LogP) is 1.18. The lowest BCUT2D eigenvalue weighted by Gasteiger charge is -2.37. The van der Waals surface area contributed by atoms with Gasteiger partial charge in [0.25, 0.3) is 0 Å². The number of carbonyl (C=O) groups excluding carboxylic acids is 1. The first-order valence-electron chi connectivity index (χ1n) is 7.88. The summed E-state index contributed by atoms with van der Waals surface area (Å²) in [5.41, 5.74) is 0. The quantitative estimate of drug-likeness (QED) is 0.831. The molecule has 2 aliphatic heterocycles. The highest BCUT2D eigenvalue weighted by molar-refractivity contribution is 5.79. The van der Waals surface area contributed by atoms with E-state index in [0.29, 0.717) is 5.91 Å². The summed E-state index contributed by atoms with van der Waals surface area (Å²) in [5.74, 6) is 1.46. The highest BCUT2D eigenvalue weighted by Gasteiger charge is 2.28. The molecule has 0 aromatic rings. The summed E-state index contributed by atoms with van der Waals surface area (Å²) in [5, 5.41) is 3.33. The van der Waals surface area contributed by atoms with Crippen LogP contribution in [0.5, 0.6) is 0 Å². The molecule has 0 aromatic heterocycles. The van der Waals surface area contributed by atoms with Crippen molar-refractivity contribution in [3.05, 3.63) is 0 Å². The summed E-state index contributed by atoms with van der Waals surface area (Å²) >= 11 is 0. The fourth-order valence-electron chi connectivity index (χ4n) is 2.96. The monoisotopic (exact) mass is 267 g/mol. The van der Waals surface area contributed by atoms with Gasteiger partial charge in [0.2, 0.25) is 5.91 Å². The molecule has 2 heterocycles. The van der Waals surface area contributed by atoms with Gasteiger partial charge in [0.1, 0.15) is 0 Å². The minimum atomic E-state index is 0.281. The normalized spacial score (nSPS) is 23.0. The van der Waals surface area contributed by atoms with Gasteiger partial charge in [-0.05, 0) is 44.8 Å². The second-order valence-electron chi connectivity index (χ2n) is 6.37. The number of hydrogen-bond donors (Lipinski definition) is 1. The summed E-state index contributed by atoms with van der Waals surface area (Å²) < 4.78 is 0. The highest BCUT2D eigenvalue weighted by Crippen LogP contribution is 2.16. The van der Waals surface area contributed by atoms with E-state index in [9.17, 15) is 4.79 Å². The molecule has 2 fully saturated rings. The van der Waals surface area contributed by atoms with Gasteiger partial charge in [0, 0.05) is 32.1 Å². The van der Waals surface area contributed by atoms with E-state index >= 15 is 0 Å². The van der Waals surface area contributed by atoms with Crippen LogP contribution in [0.3, 0.4) is 0 Å². The van der Waals surface area contributed by atoms with Crippen LogP contribution < -0.4 is 5.32 Å². The van der Waals surface area contributed by atoms with Gasteiger partial charge in [-0.25, -0.2) is 0 Å². The molecule has 1 N–H and O–H groups in total. The van der Waals surface area contributed by atoms with Crippen molar-refractivity contribution in [1.29, 1.82) is 0 Å². The molecule has 0 spiro atoms. The van der Waals surface area contributed by atoms with Gasteiger partial charge in [-0.15, -0.1) is 0 Å². The van der Waals surface area contributed by atoms with E-state index in [4.69, 9.17) is 0 Å². The van der Waals surface area contributed by atoms with Crippen LogP contribution in [0.25, 0.3) is 0 Å². The maximum Gasteiger partial charge on any atom is 0.225 e. The average molecular weight is 267 g/mol. The van der Waals surface area contributed by atoms with Crippen molar-refractivity contribution in [3.63, 3.8) is 0 Å².